The molecule has 2 amide bonds. The number of carbonyl (C=O) groups excluding carboxylic acids is 3. The number of nitrogens with one attached hydrogen (secondary N) is 2. The first-order chi connectivity index (χ1) is 17.3. The van der Waals surface area contributed by atoms with Crippen LogP contribution in [0, 0.1) is 11.8 Å². The fourth-order valence-corrected chi connectivity index (χ4v) is 5.16. The van der Waals surface area contributed by atoms with E-state index < -0.39 is 53.3 Å². The number of methoxy groups -OCH3 is 2. The number of hydrogen-bond donors (Lipinski definition) is 2. The lowest BCUT2D eigenvalue weighted by Crippen LogP contribution is -2.62. The molecule has 0 aromatic carbocycles. The first kappa shape index (κ1) is 30.5. The Hall–Kier alpha value is -2.73. The van der Waals surface area contributed by atoms with Crippen molar-refractivity contribution in [1.82, 2.24) is 20.2 Å². The maximum atomic E-state index is 13.0. The van der Waals surface area contributed by atoms with Crippen LogP contribution in [-0.4, -0.2) is 76.3 Å². The first-order valence-electron chi connectivity index (χ1n) is 12.3. The molecule has 37 heavy (non-hydrogen) atoms. The van der Waals surface area contributed by atoms with Gasteiger partial charge in [-0.1, -0.05) is 13.3 Å². The summed E-state index contributed by atoms with van der Waals surface area (Å²) in [5.74, 6) is -2.25. The second-order valence-corrected chi connectivity index (χ2v) is 10.8. The summed E-state index contributed by atoms with van der Waals surface area (Å²) in [5, 5.41) is 5.99. The lowest BCUT2D eigenvalue weighted by atomic mass is 9.78. The molecule has 2 N–H and O–H groups in total. The van der Waals surface area contributed by atoms with Gasteiger partial charge in [0.2, 0.25) is 5.91 Å². The summed E-state index contributed by atoms with van der Waals surface area (Å²) >= 11 is 5.50. The van der Waals surface area contributed by atoms with Crippen molar-refractivity contribution in [1.29, 1.82) is 0 Å². The van der Waals surface area contributed by atoms with Crippen LogP contribution in [0.3, 0.4) is 0 Å². The Kier molecular flexibility index (Phi) is 10.5. The van der Waals surface area contributed by atoms with E-state index in [2.05, 4.69) is 15.6 Å². The van der Waals surface area contributed by atoms with Crippen molar-refractivity contribution in [2.24, 2.45) is 11.8 Å². The average molecular weight is 541 g/mol. The molecule has 0 aliphatic heterocycles. The summed E-state index contributed by atoms with van der Waals surface area (Å²) in [6, 6.07) is -1.31. The molecule has 1 heterocycles. The van der Waals surface area contributed by atoms with Crippen molar-refractivity contribution in [3.05, 3.63) is 18.7 Å². The Morgan fingerprint density at radius 2 is 1.89 bits per heavy atom. The van der Waals surface area contributed by atoms with Gasteiger partial charge in [0.05, 0.1) is 24.7 Å². The van der Waals surface area contributed by atoms with Crippen molar-refractivity contribution in [2.75, 3.05) is 14.2 Å². The highest BCUT2D eigenvalue weighted by Gasteiger charge is 2.57. The second kappa shape index (κ2) is 12.7. The van der Waals surface area contributed by atoms with Gasteiger partial charge in [0.1, 0.15) is 18.0 Å². The van der Waals surface area contributed by atoms with Crippen LogP contribution in [0.4, 0.5) is 4.79 Å². The van der Waals surface area contributed by atoms with Gasteiger partial charge in [-0.2, -0.15) is 0 Å². The minimum absolute atomic E-state index is 0.0653. The molecule has 1 aliphatic rings. The van der Waals surface area contributed by atoms with E-state index in [1.54, 1.807) is 40.3 Å². The number of amides is 2. The molecule has 6 atom stereocenters. The quantitative estimate of drug-likeness (QED) is 0.359. The predicted octanol–water partition coefficient (Wildman–Crippen LogP) is 2.81. The highest BCUT2D eigenvalue weighted by atomic mass is 32.1. The lowest BCUT2D eigenvalue weighted by molar-refractivity contribution is -0.149. The number of imidazole rings is 1. The number of alkyl carbamates (subject to hydrolysis) is 1. The zero-order valence-electron chi connectivity index (χ0n) is 22.9. The molecule has 1 fully saturated rings. The molecule has 0 saturated heterocycles. The van der Waals surface area contributed by atoms with Crippen LogP contribution in [0.25, 0.3) is 0 Å². The Balaban J connectivity index is 2.61. The van der Waals surface area contributed by atoms with Crippen LogP contribution in [0.15, 0.2) is 18.7 Å². The van der Waals surface area contributed by atoms with Crippen LogP contribution in [0.2, 0.25) is 0 Å². The van der Waals surface area contributed by atoms with E-state index in [0.717, 1.165) is 6.42 Å². The monoisotopic (exact) mass is 540 g/mol. The topological polar surface area (TPSA) is 130 Å². The van der Waals surface area contributed by atoms with Crippen LogP contribution < -0.4 is 10.6 Å². The fraction of sp³-hybridized carbons (Fsp3) is 0.720. The third kappa shape index (κ3) is 7.88. The summed E-state index contributed by atoms with van der Waals surface area (Å²) in [6.07, 6.45) is 4.66. The minimum atomic E-state index is -0.870. The van der Waals surface area contributed by atoms with Crippen molar-refractivity contribution < 1.29 is 33.3 Å². The Labute approximate surface area is 223 Å². The molecular weight excluding hydrogens is 500 g/mol. The molecular formula is C25H40N4O7S. The number of rotatable bonds is 9. The summed E-state index contributed by atoms with van der Waals surface area (Å²) in [6.45, 7) is 10.6. The minimum Gasteiger partial charge on any atom is -0.469 e. The van der Waals surface area contributed by atoms with Gasteiger partial charge in [0.15, 0.2) is 0 Å². The Bertz CT molecular complexity index is 949. The van der Waals surface area contributed by atoms with E-state index in [1.165, 1.54) is 24.9 Å². The number of carbonyl (C=O) groups is 3. The summed E-state index contributed by atoms with van der Waals surface area (Å²) < 4.78 is 24.3. The van der Waals surface area contributed by atoms with Crippen molar-refractivity contribution in [3.8, 4) is 0 Å². The largest absolute Gasteiger partial charge is 0.469 e. The molecule has 11 nitrogen and oxygen atoms in total. The molecule has 0 spiro atoms. The van der Waals surface area contributed by atoms with Crippen molar-refractivity contribution >= 4 is 35.4 Å². The van der Waals surface area contributed by atoms with Gasteiger partial charge >= 0.3 is 12.1 Å². The summed E-state index contributed by atoms with van der Waals surface area (Å²) in [4.78, 5) is 42.3. The van der Waals surface area contributed by atoms with E-state index >= 15 is 0 Å². The van der Waals surface area contributed by atoms with E-state index in [1.807, 2.05) is 13.8 Å². The number of hydrogen-bond acceptors (Lipinski definition) is 9. The molecule has 1 aromatic heterocycles. The summed E-state index contributed by atoms with van der Waals surface area (Å²) in [7, 11) is 2.86. The number of nitrogens with zero attached hydrogens (tertiary/aromatic N) is 2. The predicted molar refractivity (Wildman–Crippen MR) is 140 cm³/mol. The second-order valence-electron chi connectivity index (χ2n) is 10.5. The molecule has 2 rings (SSSR count). The third-order valence-electron chi connectivity index (χ3n) is 6.52. The van der Waals surface area contributed by atoms with Crippen LogP contribution in [0.1, 0.15) is 60.8 Å². The highest BCUT2D eigenvalue weighted by Crippen LogP contribution is 2.42. The van der Waals surface area contributed by atoms with E-state index in [4.69, 9.17) is 31.2 Å². The first-order valence-corrected chi connectivity index (χ1v) is 12.8. The number of aromatic nitrogens is 2. The third-order valence-corrected chi connectivity index (χ3v) is 6.83. The number of ether oxygens (including phenoxy) is 4. The van der Waals surface area contributed by atoms with Gasteiger partial charge < -0.3 is 29.6 Å². The van der Waals surface area contributed by atoms with Crippen LogP contribution in [0.5, 0.6) is 0 Å². The standard InChI is InChI=1S/C25H40N4O7S/c1-9-10-25(6,34-8)20(27-15(2)30)18-17(28-22(32)36-24(3,4)5)13-16(21(31)33-7)19(18)35-23(37)29-12-11-26-14-29/h11-12,14,16-20H,9-10,13H2,1-8H3,(H,27,30)(H,28,32)/t16-,17+,18-,19+,20+,25-/m0/s1. The average Bonchev–Trinajstić information content (AvgIpc) is 3.44. The van der Waals surface area contributed by atoms with Gasteiger partial charge in [0.25, 0.3) is 5.17 Å². The van der Waals surface area contributed by atoms with Crippen LogP contribution in [-0.2, 0) is 28.5 Å². The maximum Gasteiger partial charge on any atom is 0.407 e. The smallest absolute Gasteiger partial charge is 0.407 e. The Morgan fingerprint density at radius 1 is 1.22 bits per heavy atom. The van der Waals surface area contributed by atoms with E-state index in [-0.39, 0.29) is 17.5 Å². The molecule has 12 heteroatoms. The highest BCUT2D eigenvalue weighted by molar-refractivity contribution is 7.80. The molecule has 0 radical (unpaired) electrons. The van der Waals surface area contributed by atoms with Crippen molar-refractivity contribution in [2.45, 2.75) is 90.2 Å². The molecule has 1 saturated carbocycles. The zero-order chi connectivity index (χ0) is 28.0. The zero-order valence-corrected chi connectivity index (χ0v) is 23.7. The lowest BCUT2D eigenvalue weighted by Gasteiger charge is -2.44. The SMILES string of the molecule is CCC[C@](C)(OC)[C@H](NC(C)=O)[C@@H]1[C@H](OC(=S)n2ccnc2)[C@@H](C(=O)OC)C[C@H]1NC(=O)OC(C)(C)C. The van der Waals surface area contributed by atoms with Gasteiger partial charge in [-0.3, -0.25) is 14.2 Å². The molecule has 1 aromatic rings. The number of thiocarbonyl (C=S) groups is 1. The summed E-state index contributed by atoms with van der Waals surface area (Å²) in [5.41, 5.74) is -1.60. The molecule has 0 bridgehead atoms. The normalized spacial score (nSPS) is 23.9. The maximum absolute atomic E-state index is 13.0. The fourth-order valence-electron chi connectivity index (χ4n) is 4.94. The van der Waals surface area contributed by atoms with Gasteiger partial charge in [-0.05, 0) is 52.8 Å². The van der Waals surface area contributed by atoms with Crippen LogP contribution >= 0.6 is 12.2 Å². The van der Waals surface area contributed by atoms with E-state index in [9.17, 15) is 14.4 Å². The molecule has 208 valence electrons. The van der Waals surface area contributed by atoms with Crippen molar-refractivity contribution in [3.63, 3.8) is 0 Å². The van der Waals surface area contributed by atoms with Gasteiger partial charge in [-0.25, -0.2) is 9.78 Å². The van der Waals surface area contributed by atoms with Gasteiger partial charge in [-0.15, -0.1) is 0 Å². The number of esters is 1. The van der Waals surface area contributed by atoms with Gasteiger partial charge in [0, 0.05) is 38.4 Å². The Morgan fingerprint density at radius 3 is 2.38 bits per heavy atom. The molecule has 1 aliphatic carbocycles. The molecule has 0 unspecified atom stereocenters. The van der Waals surface area contributed by atoms with E-state index in [0.29, 0.717) is 6.42 Å².